The summed E-state index contributed by atoms with van der Waals surface area (Å²) in [5.74, 6) is -0.875. The first-order valence-electron chi connectivity index (χ1n) is 2.88. The summed E-state index contributed by atoms with van der Waals surface area (Å²) in [5, 5.41) is 2.44. The van der Waals surface area contributed by atoms with Crippen molar-refractivity contribution >= 4 is 18.0 Å². The van der Waals surface area contributed by atoms with Crippen molar-refractivity contribution in [1.29, 1.82) is 0 Å². The molecule has 0 bridgehead atoms. The molecule has 1 unspecified atom stereocenters. The zero-order valence-electron chi connectivity index (χ0n) is 5.00. The first-order chi connectivity index (χ1) is 4.79. The molecule has 0 saturated carbocycles. The molecule has 2 rings (SSSR count). The number of amides is 2. The molecule has 10 heavy (non-hydrogen) atoms. The Labute approximate surface area is 56.6 Å². The predicted molar refractivity (Wildman–Crippen MR) is 33.2 cm³/mol. The number of carbonyl (C=O) groups excluding carboxylic acids is 2. The zero-order chi connectivity index (χ0) is 7.14. The van der Waals surface area contributed by atoms with Crippen molar-refractivity contribution in [3.8, 4) is 0 Å². The predicted octanol–water partition coefficient (Wildman–Crippen LogP) is -0.773. The molecule has 0 radical (unpaired) electrons. The first-order valence-corrected chi connectivity index (χ1v) is 2.88. The van der Waals surface area contributed by atoms with Crippen LogP contribution in [-0.2, 0) is 9.59 Å². The molecular weight excluding hydrogens is 132 g/mol. The number of fused-ring (bicyclic) bond motifs is 1. The second-order valence-electron chi connectivity index (χ2n) is 2.17. The molecule has 0 aromatic carbocycles. The van der Waals surface area contributed by atoms with Crippen LogP contribution in [0, 0.1) is 5.92 Å². The Balaban J connectivity index is 2.44. The van der Waals surface area contributed by atoms with Gasteiger partial charge in [0.15, 0.2) is 0 Å². The van der Waals surface area contributed by atoms with Crippen LogP contribution in [0.4, 0.5) is 0 Å². The van der Waals surface area contributed by atoms with Gasteiger partial charge in [-0.15, -0.1) is 0 Å². The van der Waals surface area contributed by atoms with E-state index >= 15 is 0 Å². The van der Waals surface area contributed by atoms with Gasteiger partial charge in [-0.1, -0.05) is 0 Å². The standard InChI is InChI=1S/C6H4N2O2/c9-5-3-1-7-6(10)4(3)2-8-5/h1-3H,(H,8,9). The molecule has 2 heterocycles. The van der Waals surface area contributed by atoms with Gasteiger partial charge in [-0.2, -0.15) is 0 Å². The molecule has 4 heteroatoms. The van der Waals surface area contributed by atoms with E-state index in [9.17, 15) is 9.59 Å². The van der Waals surface area contributed by atoms with E-state index in [4.69, 9.17) is 0 Å². The average molecular weight is 136 g/mol. The number of hydrogen-bond acceptors (Lipinski definition) is 2. The smallest absolute Gasteiger partial charge is 0.275 e. The first kappa shape index (κ1) is 5.34. The minimum absolute atomic E-state index is 0.162. The number of carbonyl (C=O) groups is 2. The van der Waals surface area contributed by atoms with E-state index < -0.39 is 5.92 Å². The van der Waals surface area contributed by atoms with E-state index in [2.05, 4.69) is 10.3 Å². The molecule has 1 N–H and O–H groups in total. The van der Waals surface area contributed by atoms with Gasteiger partial charge >= 0.3 is 0 Å². The largest absolute Gasteiger partial charge is 0.331 e. The number of nitrogens with one attached hydrogen (secondary N) is 1. The maximum Gasteiger partial charge on any atom is 0.275 e. The summed E-state index contributed by atoms with van der Waals surface area (Å²) in [7, 11) is 0. The van der Waals surface area contributed by atoms with Gasteiger partial charge in [0.25, 0.3) is 5.91 Å². The third kappa shape index (κ3) is 0.478. The van der Waals surface area contributed by atoms with Crippen molar-refractivity contribution in [2.75, 3.05) is 0 Å². The molecule has 0 aromatic heterocycles. The van der Waals surface area contributed by atoms with Crippen LogP contribution >= 0.6 is 0 Å². The highest BCUT2D eigenvalue weighted by Gasteiger charge is 2.34. The normalized spacial score (nSPS) is 28.4. The summed E-state index contributed by atoms with van der Waals surface area (Å²) in [6.07, 6.45) is 2.79. The Kier molecular flexibility index (Phi) is 0.818. The maximum absolute atomic E-state index is 10.8. The van der Waals surface area contributed by atoms with Crippen molar-refractivity contribution in [2.24, 2.45) is 10.9 Å². The number of rotatable bonds is 0. The van der Waals surface area contributed by atoms with E-state index in [-0.39, 0.29) is 11.8 Å². The van der Waals surface area contributed by atoms with Crippen LogP contribution in [-0.4, -0.2) is 18.0 Å². The molecule has 0 spiro atoms. The van der Waals surface area contributed by atoms with Crippen molar-refractivity contribution in [3.63, 3.8) is 0 Å². The lowest BCUT2D eigenvalue weighted by Crippen LogP contribution is -2.19. The zero-order valence-corrected chi connectivity index (χ0v) is 5.00. The lowest BCUT2D eigenvalue weighted by molar-refractivity contribution is -0.121. The fraction of sp³-hybridized carbons (Fsp3) is 0.167. The lowest BCUT2D eigenvalue weighted by atomic mass is 10.1. The van der Waals surface area contributed by atoms with E-state index in [0.29, 0.717) is 5.57 Å². The Hall–Kier alpha value is -1.45. The van der Waals surface area contributed by atoms with Crippen LogP contribution in [0.3, 0.4) is 0 Å². The summed E-state index contributed by atoms with van der Waals surface area (Å²) in [4.78, 5) is 25.0. The Morgan fingerprint density at radius 3 is 3.00 bits per heavy atom. The van der Waals surface area contributed by atoms with Crippen molar-refractivity contribution in [1.82, 2.24) is 5.32 Å². The van der Waals surface area contributed by atoms with Crippen LogP contribution in [0.15, 0.2) is 16.8 Å². The molecule has 0 saturated heterocycles. The lowest BCUT2D eigenvalue weighted by Gasteiger charge is -1.92. The van der Waals surface area contributed by atoms with E-state index in [0.717, 1.165) is 0 Å². The molecule has 2 amide bonds. The van der Waals surface area contributed by atoms with Crippen LogP contribution in [0.2, 0.25) is 0 Å². The second-order valence-corrected chi connectivity index (χ2v) is 2.17. The third-order valence-corrected chi connectivity index (χ3v) is 1.58. The second kappa shape index (κ2) is 1.53. The summed E-state index contributed by atoms with van der Waals surface area (Å²) in [6.45, 7) is 0. The fourth-order valence-corrected chi connectivity index (χ4v) is 1.03. The van der Waals surface area contributed by atoms with E-state index in [1.54, 1.807) is 0 Å². The average Bonchev–Trinajstić information content (AvgIpc) is 2.41. The monoisotopic (exact) mass is 136 g/mol. The Bertz CT molecular complexity index is 277. The molecule has 0 aliphatic carbocycles. The van der Waals surface area contributed by atoms with Crippen molar-refractivity contribution in [3.05, 3.63) is 11.8 Å². The molecule has 0 fully saturated rings. The number of nitrogens with zero attached hydrogens (tertiary/aromatic N) is 1. The quantitative estimate of drug-likeness (QED) is 0.475. The number of aliphatic imine (C=N–C) groups is 1. The topological polar surface area (TPSA) is 58.5 Å². The molecule has 1 atom stereocenters. The van der Waals surface area contributed by atoms with Gasteiger partial charge in [-0.05, 0) is 0 Å². The van der Waals surface area contributed by atoms with Gasteiger partial charge in [0.05, 0.1) is 5.57 Å². The maximum atomic E-state index is 10.8. The summed E-state index contributed by atoms with van der Waals surface area (Å²) >= 11 is 0. The molecule has 2 aliphatic heterocycles. The highest BCUT2D eigenvalue weighted by atomic mass is 16.2. The summed E-state index contributed by atoms with van der Waals surface area (Å²) < 4.78 is 0. The molecule has 4 nitrogen and oxygen atoms in total. The molecule has 50 valence electrons. The summed E-state index contributed by atoms with van der Waals surface area (Å²) in [5.41, 5.74) is 0.463. The SMILES string of the molecule is O=C1N=CC2C(=O)NC=C12. The molecule has 2 aliphatic rings. The van der Waals surface area contributed by atoms with E-state index in [1.807, 2.05) is 0 Å². The Morgan fingerprint density at radius 2 is 2.30 bits per heavy atom. The highest BCUT2D eigenvalue weighted by Crippen LogP contribution is 2.20. The molecular formula is C6H4N2O2. The Morgan fingerprint density at radius 1 is 1.50 bits per heavy atom. The third-order valence-electron chi connectivity index (χ3n) is 1.58. The minimum Gasteiger partial charge on any atom is -0.331 e. The van der Waals surface area contributed by atoms with Crippen LogP contribution in [0.5, 0.6) is 0 Å². The van der Waals surface area contributed by atoms with Gasteiger partial charge in [0.2, 0.25) is 5.91 Å². The van der Waals surface area contributed by atoms with Crippen molar-refractivity contribution < 1.29 is 9.59 Å². The minimum atomic E-state index is -0.410. The van der Waals surface area contributed by atoms with Gasteiger partial charge in [0, 0.05) is 12.4 Å². The van der Waals surface area contributed by atoms with Gasteiger partial charge < -0.3 is 5.32 Å². The van der Waals surface area contributed by atoms with Crippen LogP contribution in [0.1, 0.15) is 0 Å². The molecule has 0 aromatic rings. The summed E-state index contributed by atoms with van der Waals surface area (Å²) in [6, 6.07) is 0. The highest BCUT2D eigenvalue weighted by molar-refractivity contribution is 6.18. The van der Waals surface area contributed by atoms with Gasteiger partial charge in [0.1, 0.15) is 5.92 Å². The van der Waals surface area contributed by atoms with Gasteiger partial charge in [-0.3, -0.25) is 9.59 Å². The fourth-order valence-electron chi connectivity index (χ4n) is 1.03. The van der Waals surface area contributed by atoms with Crippen LogP contribution < -0.4 is 5.32 Å². The van der Waals surface area contributed by atoms with Crippen molar-refractivity contribution in [2.45, 2.75) is 0 Å². The van der Waals surface area contributed by atoms with Crippen LogP contribution in [0.25, 0.3) is 0 Å². The number of hydrogen-bond donors (Lipinski definition) is 1. The van der Waals surface area contributed by atoms with E-state index in [1.165, 1.54) is 12.4 Å². The van der Waals surface area contributed by atoms with Gasteiger partial charge in [-0.25, -0.2) is 4.99 Å².